The van der Waals surface area contributed by atoms with E-state index >= 15 is 0 Å². The van der Waals surface area contributed by atoms with Gasteiger partial charge >= 0.3 is 5.97 Å². The first-order chi connectivity index (χ1) is 13.6. The molecule has 0 aromatic heterocycles. The Balaban J connectivity index is 1.52. The van der Waals surface area contributed by atoms with Gasteiger partial charge in [-0.2, -0.15) is 4.99 Å². The second-order valence-electron chi connectivity index (χ2n) is 6.83. The quantitative estimate of drug-likeness (QED) is 0.453. The molecule has 3 aliphatic heterocycles. The Bertz CT molecular complexity index is 846. The number of carbonyl (C=O) groups excluding carboxylic acids is 2. The SMILES string of the molecule is O=C1N=C(N2CCCCN2)S/C1=C/c1ccc(F)cc1OC(=O)C1CCCN1. The van der Waals surface area contributed by atoms with Crippen molar-refractivity contribution in [1.29, 1.82) is 0 Å². The van der Waals surface area contributed by atoms with E-state index in [2.05, 4.69) is 15.7 Å². The van der Waals surface area contributed by atoms with Crippen molar-refractivity contribution in [2.45, 2.75) is 31.7 Å². The van der Waals surface area contributed by atoms with E-state index in [0.29, 0.717) is 22.1 Å². The zero-order valence-corrected chi connectivity index (χ0v) is 16.1. The van der Waals surface area contributed by atoms with Crippen LogP contribution < -0.4 is 15.5 Å². The lowest BCUT2D eigenvalue weighted by molar-refractivity contribution is -0.136. The third-order valence-corrected chi connectivity index (χ3v) is 5.78. The summed E-state index contributed by atoms with van der Waals surface area (Å²) in [5.41, 5.74) is 3.68. The van der Waals surface area contributed by atoms with Gasteiger partial charge in [0.1, 0.15) is 17.6 Å². The molecule has 0 spiro atoms. The van der Waals surface area contributed by atoms with Gasteiger partial charge in [-0.3, -0.25) is 9.80 Å². The second kappa shape index (κ2) is 8.42. The number of thioether (sulfide) groups is 1. The maximum atomic E-state index is 13.7. The van der Waals surface area contributed by atoms with Crippen molar-refractivity contribution in [2.24, 2.45) is 4.99 Å². The molecule has 3 heterocycles. The summed E-state index contributed by atoms with van der Waals surface area (Å²) >= 11 is 1.26. The molecule has 4 rings (SSSR count). The summed E-state index contributed by atoms with van der Waals surface area (Å²) in [6.07, 6.45) is 5.31. The van der Waals surface area contributed by atoms with Crippen LogP contribution in [0.1, 0.15) is 31.2 Å². The molecule has 3 aliphatic rings. The van der Waals surface area contributed by atoms with Gasteiger partial charge in [0.2, 0.25) is 0 Å². The minimum absolute atomic E-state index is 0.101. The topological polar surface area (TPSA) is 83.0 Å². The third kappa shape index (κ3) is 4.26. The molecule has 1 atom stereocenters. The first-order valence-electron chi connectivity index (χ1n) is 9.38. The van der Waals surface area contributed by atoms with Crippen molar-refractivity contribution in [3.05, 3.63) is 34.5 Å². The second-order valence-corrected chi connectivity index (χ2v) is 7.84. The maximum absolute atomic E-state index is 13.7. The monoisotopic (exact) mass is 404 g/mol. The molecule has 0 bridgehead atoms. The number of ether oxygens (including phenoxy) is 1. The average Bonchev–Trinajstić information content (AvgIpc) is 3.35. The maximum Gasteiger partial charge on any atom is 0.328 e. The van der Waals surface area contributed by atoms with Crippen molar-refractivity contribution < 1.29 is 18.7 Å². The van der Waals surface area contributed by atoms with Crippen molar-refractivity contribution in [3.8, 4) is 5.75 Å². The molecule has 2 fully saturated rings. The van der Waals surface area contributed by atoms with E-state index in [-0.39, 0.29) is 17.7 Å². The number of aliphatic imine (C=N–C) groups is 1. The number of amides is 1. The molecule has 0 saturated carbocycles. The molecule has 1 unspecified atom stereocenters. The van der Waals surface area contributed by atoms with Crippen molar-refractivity contribution in [1.82, 2.24) is 15.8 Å². The van der Waals surface area contributed by atoms with Gasteiger partial charge in [0.15, 0.2) is 5.17 Å². The molecule has 28 heavy (non-hydrogen) atoms. The largest absolute Gasteiger partial charge is 0.425 e. The van der Waals surface area contributed by atoms with Gasteiger partial charge in [0, 0.05) is 24.7 Å². The van der Waals surface area contributed by atoms with E-state index in [1.165, 1.54) is 23.9 Å². The van der Waals surface area contributed by atoms with E-state index < -0.39 is 11.8 Å². The number of hydrazine groups is 1. The van der Waals surface area contributed by atoms with Gasteiger partial charge in [0.05, 0.1) is 4.91 Å². The lowest BCUT2D eigenvalue weighted by Gasteiger charge is -2.28. The van der Waals surface area contributed by atoms with Crippen LogP contribution in [0, 0.1) is 5.82 Å². The summed E-state index contributed by atoms with van der Waals surface area (Å²) < 4.78 is 19.2. The Morgan fingerprint density at radius 1 is 1.32 bits per heavy atom. The standard InChI is InChI=1S/C19H21FN4O3S/c20-13-6-5-12(15(11-13)27-18(26)14-4-3-7-21-14)10-16-17(25)23-19(28-16)24-9-2-1-8-22-24/h5-6,10-11,14,21-22H,1-4,7-9H2/b16-10+. The first-order valence-corrected chi connectivity index (χ1v) is 10.2. The van der Waals surface area contributed by atoms with E-state index in [1.807, 2.05) is 5.01 Å². The summed E-state index contributed by atoms with van der Waals surface area (Å²) in [5.74, 6) is -1.21. The lowest BCUT2D eigenvalue weighted by atomic mass is 10.1. The number of hydrogen-bond acceptors (Lipinski definition) is 7. The van der Waals surface area contributed by atoms with E-state index in [0.717, 1.165) is 45.0 Å². The molecular formula is C19H21FN4O3S. The highest BCUT2D eigenvalue weighted by molar-refractivity contribution is 8.18. The van der Waals surface area contributed by atoms with Crippen LogP contribution in [0.25, 0.3) is 6.08 Å². The predicted octanol–water partition coefficient (Wildman–Crippen LogP) is 2.05. The van der Waals surface area contributed by atoms with E-state index in [9.17, 15) is 14.0 Å². The number of nitrogens with zero attached hydrogens (tertiary/aromatic N) is 2. The Hall–Kier alpha value is -2.23. The molecule has 1 aromatic carbocycles. The number of nitrogens with one attached hydrogen (secondary N) is 2. The van der Waals surface area contributed by atoms with Gasteiger partial charge in [0.25, 0.3) is 5.91 Å². The number of hydrogen-bond donors (Lipinski definition) is 2. The van der Waals surface area contributed by atoms with Gasteiger partial charge in [-0.05, 0) is 62.2 Å². The number of rotatable bonds is 3. The summed E-state index contributed by atoms with van der Waals surface area (Å²) in [7, 11) is 0. The fraction of sp³-hybridized carbons (Fsp3) is 0.421. The molecular weight excluding hydrogens is 383 g/mol. The molecule has 0 aliphatic carbocycles. The molecule has 1 amide bonds. The summed E-state index contributed by atoms with van der Waals surface area (Å²) in [6, 6.07) is 3.55. The van der Waals surface area contributed by atoms with Crippen LogP contribution in [-0.2, 0) is 9.59 Å². The van der Waals surface area contributed by atoms with Crippen LogP contribution in [0.4, 0.5) is 4.39 Å². The molecule has 2 saturated heterocycles. The Morgan fingerprint density at radius 2 is 2.21 bits per heavy atom. The van der Waals surface area contributed by atoms with Crippen LogP contribution in [0.5, 0.6) is 5.75 Å². The summed E-state index contributed by atoms with van der Waals surface area (Å²) in [4.78, 5) is 29.1. The van der Waals surface area contributed by atoms with Crippen molar-refractivity contribution >= 4 is 34.9 Å². The molecule has 9 heteroatoms. The zero-order chi connectivity index (χ0) is 19.5. The van der Waals surface area contributed by atoms with Crippen molar-refractivity contribution in [2.75, 3.05) is 19.6 Å². The average molecular weight is 404 g/mol. The van der Waals surface area contributed by atoms with E-state index in [4.69, 9.17) is 4.74 Å². The lowest BCUT2D eigenvalue weighted by Crippen LogP contribution is -2.45. The fourth-order valence-electron chi connectivity index (χ4n) is 3.29. The number of carbonyl (C=O) groups is 2. The Labute approximate surface area is 166 Å². The smallest absolute Gasteiger partial charge is 0.328 e. The van der Waals surface area contributed by atoms with Crippen molar-refractivity contribution in [3.63, 3.8) is 0 Å². The summed E-state index contributed by atoms with van der Waals surface area (Å²) in [6.45, 7) is 2.40. The normalized spacial score (nSPS) is 24.0. The molecule has 0 radical (unpaired) electrons. The number of amidine groups is 1. The Kier molecular flexibility index (Phi) is 5.74. The van der Waals surface area contributed by atoms with Crippen LogP contribution in [0.15, 0.2) is 28.1 Å². The number of halogens is 1. The third-order valence-electron chi connectivity index (χ3n) is 4.77. The predicted molar refractivity (Wildman–Crippen MR) is 105 cm³/mol. The first kappa shape index (κ1) is 19.1. The van der Waals surface area contributed by atoms with Gasteiger partial charge in [-0.25, -0.2) is 14.6 Å². The molecule has 7 nitrogen and oxygen atoms in total. The van der Waals surface area contributed by atoms with Gasteiger partial charge < -0.3 is 10.1 Å². The minimum Gasteiger partial charge on any atom is -0.425 e. The van der Waals surface area contributed by atoms with Crippen LogP contribution in [0.2, 0.25) is 0 Å². The summed E-state index contributed by atoms with van der Waals surface area (Å²) in [5, 5.41) is 5.54. The highest BCUT2D eigenvalue weighted by Crippen LogP contribution is 2.33. The fourth-order valence-corrected chi connectivity index (χ4v) is 4.20. The highest BCUT2D eigenvalue weighted by Gasteiger charge is 2.28. The van der Waals surface area contributed by atoms with Gasteiger partial charge in [-0.15, -0.1) is 0 Å². The molecule has 1 aromatic rings. The molecule has 2 N–H and O–H groups in total. The molecule has 148 valence electrons. The number of esters is 1. The number of benzene rings is 1. The van der Waals surface area contributed by atoms with E-state index in [1.54, 1.807) is 6.08 Å². The highest BCUT2D eigenvalue weighted by atomic mass is 32.2. The van der Waals surface area contributed by atoms with Crippen LogP contribution >= 0.6 is 11.8 Å². The zero-order valence-electron chi connectivity index (χ0n) is 15.2. The van der Waals surface area contributed by atoms with Crippen LogP contribution in [-0.4, -0.2) is 47.7 Å². The Morgan fingerprint density at radius 3 is 2.96 bits per heavy atom. The minimum atomic E-state index is -0.510. The van der Waals surface area contributed by atoms with Gasteiger partial charge in [-0.1, -0.05) is 0 Å². The van der Waals surface area contributed by atoms with Crippen LogP contribution in [0.3, 0.4) is 0 Å².